The van der Waals surface area contributed by atoms with Gasteiger partial charge in [-0.05, 0) is 32.0 Å². The summed E-state index contributed by atoms with van der Waals surface area (Å²) in [5, 5.41) is 0. The Morgan fingerprint density at radius 3 is 2.89 bits per heavy atom. The fraction of sp³-hybridized carbons (Fsp3) is 0.214. The van der Waals surface area contributed by atoms with Gasteiger partial charge in [0.25, 0.3) is 0 Å². The van der Waals surface area contributed by atoms with E-state index in [4.69, 9.17) is 9.47 Å². The van der Waals surface area contributed by atoms with Gasteiger partial charge in [-0.2, -0.15) is 0 Å². The van der Waals surface area contributed by atoms with Crippen LogP contribution >= 0.6 is 0 Å². The highest BCUT2D eigenvalue weighted by Crippen LogP contribution is 2.20. The molecule has 0 unspecified atom stereocenters. The molecule has 1 heterocycles. The second-order valence-electron chi connectivity index (χ2n) is 3.85. The molecule has 0 aliphatic rings. The Morgan fingerprint density at radius 1 is 1.32 bits per heavy atom. The highest BCUT2D eigenvalue weighted by atomic mass is 16.5. The molecule has 5 heteroatoms. The summed E-state index contributed by atoms with van der Waals surface area (Å²) in [6.45, 7) is 3.93. The number of ether oxygens (including phenoxy) is 2. The minimum absolute atomic E-state index is 0.341. The Bertz CT molecular complexity index is 584. The van der Waals surface area contributed by atoms with E-state index in [2.05, 4.69) is 9.97 Å². The van der Waals surface area contributed by atoms with Crippen molar-refractivity contribution >= 4 is 5.97 Å². The van der Waals surface area contributed by atoms with E-state index in [1.807, 2.05) is 6.92 Å². The molecule has 0 atom stereocenters. The highest BCUT2D eigenvalue weighted by molar-refractivity contribution is 5.89. The highest BCUT2D eigenvalue weighted by Gasteiger charge is 2.08. The zero-order valence-corrected chi connectivity index (χ0v) is 10.8. The Morgan fingerprint density at radius 2 is 2.16 bits per heavy atom. The Kier molecular flexibility index (Phi) is 4.07. The first-order valence-electron chi connectivity index (χ1n) is 5.92. The lowest BCUT2D eigenvalue weighted by Gasteiger charge is -2.06. The first-order valence-corrected chi connectivity index (χ1v) is 5.92. The molecule has 0 N–H and O–H groups in total. The van der Waals surface area contributed by atoms with Crippen LogP contribution in [0.25, 0.3) is 0 Å². The number of nitrogens with zero attached hydrogens (tertiary/aromatic N) is 2. The quantitative estimate of drug-likeness (QED) is 0.789. The van der Waals surface area contributed by atoms with E-state index in [1.54, 1.807) is 37.4 Å². The molecule has 0 fully saturated rings. The lowest BCUT2D eigenvalue weighted by molar-refractivity contribution is 0.0526. The summed E-state index contributed by atoms with van der Waals surface area (Å²) in [5.74, 6) is 0.537. The average molecular weight is 258 g/mol. The number of rotatable bonds is 4. The van der Waals surface area contributed by atoms with Crippen molar-refractivity contribution < 1.29 is 14.3 Å². The number of benzene rings is 1. The summed E-state index contributed by atoms with van der Waals surface area (Å²) in [4.78, 5) is 19.8. The van der Waals surface area contributed by atoms with E-state index < -0.39 is 0 Å². The van der Waals surface area contributed by atoms with Crippen LogP contribution in [0.5, 0.6) is 11.6 Å². The third kappa shape index (κ3) is 3.51. The molecular formula is C14H14N2O3. The molecule has 5 nitrogen and oxygen atoms in total. The van der Waals surface area contributed by atoms with Crippen LogP contribution in [0.1, 0.15) is 23.0 Å². The van der Waals surface area contributed by atoms with Crippen molar-refractivity contribution in [3.63, 3.8) is 0 Å². The van der Waals surface area contributed by atoms with Crippen LogP contribution in [0.4, 0.5) is 0 Å². The average Bonchev–Trinajstić information content (AvgIpc) is 2.39. The van der Waals surface area contributed by atoms with Crippen LogP contribution in [0.15, 0.2) is 36.7 Å². The first-order chi connectivity index (χ1) is 9.19. The van der Waals surface area contributed by atoms with Gasteiger partial charge in [0.05, 0.1) is 24.1 Å². The van der Waals surface area contributed by atoms with Gasteiger partial charge in [-0.3, -0.25) is 4.98 Å². The van der Waals surface area contributed by atoms with E-state index in [0.717, 1.165) is 5.69 Å². The van der Waals surface area contributed by atoms with Gasteiger partial charge in [0, 0.05) is 6.20 Å². The van der Waals surface area contributed by atoms with Crippen molar-refractivity contribution in [1.29, 1.82) is 0 Å². The van der Waals surface area contributed by atoms with Crippen LogP contribution in [-0.4, -0.2) is 22.5 Å². The molecule has 0 amide bonds. The SMILES string of the molecule is CCOC(=O)c1cccc(Oc2cncc(C)n2)c1. The van der Waals surface area contributed by atoms with E-state index in [9.17, 15) is 4.79 Å². The summed E-state index contributed by atoms with van der Waals surface area (Å²) in [6.07, 6.45) is 3.16. The molecule has 2 rings (SSSR count). The van der Waals surface area contributed by atoms with Gasteiger partial charge < -0.3 is 9.47 Å². The fourth-order valence-electron chi connectivity index (χ4n) is 1.51. The maximum absolute atomic E-state index is 11.6. The van der Waals surface area contributed by atoms with Gasteiger partial charge >= 0.3 is 5.97 Å². The molecule has 0 bridgehead atoms. The minimum atomic E-state index is -0.372. The summed E-state index contributed by atoms with van der Waals surface area (Å²) in [5.41, 5.74) is 1.21. The normalized spacial score (nSPS) is 10.0. The number of carbonyl (C=O) groups is 1. The Hall–Kier alpha value is -2.43. The maximum atomic E-state index is 11.6. The molecular weight excluding hydrogens is 244 g/mol. The number of hydrogen-bond donors (Lipinski definition) is 0. The van der Waals surface area contributed by atoms with E-state index in [1.165, 1.54) is 6.20 Å². The molecule has 0 aliphatic heterocycles. The van der Waals surface area contributed by atoms with Crippen molar-refractivity contribution in [1.82, 2.24) is 9.97 Å². The number of aromatic nitrogens is 2. The van der Waals surface area contributed by atoms with Crippen LogP contribution in [-0.2, 0) is 4.74 Å². The Labute approximate surface area is 111 Å². The lowest BCUT2D eigenvalue weighted by atomic mass is 10.2. The summed E-state index contributed by atoms with van der Waals surface area (Å²) in [6, 6.07) is 6.76. The van der Waals surface area contributed by atoms with Gasteiger partial charge in [0.15, 0.2) is 0 Å². The first kappa shape index (κ1) is 13.0. The smallest absolute Gasteiger partial charge is 0.338 e. The number of aryl methyl sites for hydroxylation is 1. The molecule has 0 saturated heterocycles. The second-order valence-corrected chi connectivity index (χ2v) is 3.85. The molecule has 0 radical (unpaired) electrons. The minimum Gasteiger partial charge on any atom is -0.462 e. The van der Waals surface area contributed by atoms with Gasteiger partial charge in [-0.15, -0.1) is 0 Å². The molecule has 0 saturated carbocycles. The molecule has 98 valence electrons. The second kappa shape index (κ2) is 5.95. The lowest BCUT2D eigenvalue weighted by Crippen LogP contribution is -2.04. The third-order valence-corrected chi connectivity index (χ3v) is 2.30. The van der Waals surface area contributed by atoms with Crippen molar-refractivity contribution in [3.8, 4) is 11.6 Å². The topological polar surface area (TPSA) is 61.3 Å². The molecule has 19 heavy (non-hydrogen) atoms. The van der Waals surface area contributed by atoms with Crippen LogP contribution in [0.2, 0.25) is 0 Å². The van der Waals surface area contributed by atoms with Gasteiger partial charge in [-0.25, -0.2) is 9.78 Å². The zero-order valence-electron chi connectivity index (χ0n) is 10.8. The number of esters is 1. The monoisotopic (exact) mass is 258 g/mol. The van der Waals surface area contributed by atoms with Gasteiger partial charge in [0.1, 0.15) is 5.75 Å². The summed E-state index contributed by atoms with van der Waals surface area (Å²) >= 11 is 0. The largest absolute Gasteiger partial charge is 0.462 e. The molecule has 2 aromatic rings. The number of carbonyl (C=O) groups excluding carboxylic acids is 1. The van der Waals surface area contributed by atoms with Crippen LogP contribution in [0.3, 0.4) is 0 Å². The fourth-order valence-corrected chi connectivity index (χ4v) is 1.51. The summed E-state index contributed by atoms with van der Waals surface area (Å²) in [7, 11) is 0. The number of hydrogen-bond acceptors (Lipinski definition) is 5. The predicted molar refractivity (Wildman–Crippen MR) is 69.2 cm³/mol. The van der Waals surface area contributed by atoms with Crippen LogP contribution in [0, 0.1) is 6.92 Å². The van der Waals surface area contributed by atoms with Crippen LogP contribution < -0.4 is 4.74 Å². The third-order valence-electron chi connectivity index (χ3n) is 2.30. The zero-order chi connectivity index (χ0) is 13.7. The van der Waals surface area contributed by atoms with E-state index >= 15 is 0 Å². The van der Waals surface area contributed by atoms with Crippen molar-refractivity contribution in [2.45, 2.75) is 13.8 Å². The maximum Gasteiger partial charge on any atom is 0.338 e. The van der Waals surface area contributed by atoms with Crippen molar-refractivity contribution in [3.05, 3.63) is 47.9 Å². The van der Waals surface area contributed by atoms with E-state index in [0.29, 0.717) is 23.8 Å². The molecule has 1 aromatic carbocycles. The Balaban J connectivity index is 2.17. The standard InChI is InChI=1S/C14H14N2O3/c1-3-18-14(17)11-5-4-6-12(7-11)19-13-9-15-8-10(2)16-13/h4-9H,3H2,1-2H3. The van der Waals surface area contributed by atoms with Crippen molar-refractivity contribution in [2.24, 2.45) is 0 Å². The molecule has 0 aliphatic carbocycles. The van der Waals surface area contributed by atoms with E-state index in [-0.39, 0.29) is 5.97 Å². The molecule has 0 spiro atoms. The van der Waals surface area contributed by atoms with Gasteiger partial charge in [0.2, 0.25) is 5.88 Å². The van der Waals surface area contributed by atoms with Crippen molar-refractivity contribution in [2.75, 3.05) is 6.61 Å². The predicted octanol–water partition coefficient (Wildman–Crippen LogP) is 2.75. The summed E-state index contributed by atoms with van der Waals surface area (Å²) < 4.78 is 10.5. The molecule has 1 aromatic heterocycles. The van der Waals surface area contributed by atoms with Gasteiger partial charge in [-0.1, -0.05) is 6.07 Å².